The Labute approximate surface area is 111 Å². The highest BCUT2D eigenvalue weighted by molar-refractivity contribution is 7.71. The van der Waals surface area contributed by atoms with Gasteiger partial charge < -0.3 is 4.98 Å². The van der Waals surface area contributed by atoms with Gasteiger partial charge in [-0.25, -0.2) is 4.98 Å². The van der Waals surface area contributed by atoms with E-state index in [1.165, 1.54) is 5.56 Å². The minimum Gasteiger partial charge on any atom is -0.347 e. The standard InChI is InChI=1S/C13H13ClN2S/c1-2-11-8-13(17)16-12(15-11)7-9-3-5-10(14)6-4-9/h3-6,8H,2,7H2,1H3,(H,15,16,17). The van der Waals surface area contributed by atoms with Gasteiger partial charge in [0.05, 0.1) is 0 Å². The number of aryl methyl sites for hydroxylation is 1. The summed E-state index contributed by atoms with van der Waals surface area (Å²) in [5, 5.41) is 0.747. The second kappa shape index (κ2) is 5.43. The maximum Gasteiger partial charge on any atom is 0.130 e. The predicted octanol–water partition coefficient (Wildman–Crippen LogP) is 3.95. The first kappa shape index (κ1) is 12.3. The van der Waals surface area contributed by atoms with Gasteiger partial charge in [-0.15, -0.1) is 0 Å². The molecule has 17 heavy (non-hydrogen) atoms. The van der Waals surface area contributed by atoms with Crippen LogP contribution in [0.5, 0.6) is 0 Å². The van der Waals surface area contributed by atoms with E-state index >= 15 is 0 Å². The van der Waals surface area contributed by atoms with Crippen molar-refractivity contribution in [1.82, 2.24) is 9.97 Å². The predicted molar refractivity (Wildman–Crippen MR) is 73.1 cm³/mol. The molecule has 0 aliphatic heterocycles. The molecule has 2 nitrogen and oxygen atoms in total. The Morgan fingerprint density at radius 2 is 2.00 bits per heavy atom. The van der Waals surface area contributed by atoms with Crippen molar-refractivity contribution >= 4 is 23.8 Å². The quantitative estimate of drug-likeness (QED) is 0.851. The average molecular weight is 265 g/mol. The summed E-state index contributed by atoms with van der Waals surface area (Å²) in [6.45, 7) is 2.09. The second-order valence-electron chi connectivity index (χ2n) is 3.85. The van der Waals surface area contributed by atoms with E-state index in [9.17, 15) is 0 Å². The number of nitrogens with one attached hydrogen (secondary N) is 1. The van der Waals surface area contributed by atoms with E-state index in [1.54, 1.807) is 0 Å². The third kappa shape index (κ3) is 3.38. The molecule has 1 heterocycles. The lowest BCUT2D eigenvalue weighted by molar-refractivity contribution is 0.899. The zero-order chi connectivity index (χ0) is 12.3. The molecule has 0 radical (unpaired) electrons. The fraction of sp³-hybridized carbons (Fsp3) is 0.231. The molecule has 0 aliphatic rings. The minimum atomic E-state index is 0.643. The highest BCUT2D eigenvalue weighted by Crippen LogP contribution is 2.12. The van der Waals surface area contributed by atoms with E-state index in [1.807, 2.05) is 30.3 Å². The van der Waals surface area contributed by atoms with Crippen LogP contribution in [0, 0.1) is 4.64 Å². The van der Waals surface area contributed by atoms with Crippen LogP contribution in [-0.4, -0.2) is 9.97 Å². The average Bonchev–Trinajstić information content (AvgIpc) is 2.31. The van der Waals surface area contributed by atoms with E-state index in [2.05, 4.69) is 16.9 Å². The van der Waals surface area contributed by atoms with Gasteiger partial charge in [-0.3, -0.25) is 0 Å². The van der Waals surface area contributed by atoms with E-state index in [-0.39, 0.29) is 0 Å². The molecule has 0 fully saturated rings. The largest absolute Gasteiger partial charge is 0.347 e. The summed E-state index contributed by atoms with van der Waals surface area (Å²) in [6, 6.07) is 9.67. The summed E-state index contributed by atoms with van der Waals surface area (Å²) < 4.78 is 0.643. The molecular weight excluding hydrogens is 252 g/mol. The summed E-state index contributed by atoms with van der Waals surface area (Å²) in [4.78, 5) is 7.61. The van der Waals surface area contributed by atoms with Gasteiger partial charge in [-0.1, -0.05) is 42.9 Å². The third-order valence-electron chi connectivity index (χ3n) is 2.51. The summed E-state index contributed by atoms with van der Waals surface area (Å²) in [5.41, 5.74) is 2.29. The van der Waals surface area contributed by atoms with Crippen LogP contribution in [0.1, 0.15) is 24.0 Å². The molecular formula is C13H13ClN2S. The Balaban J connectivity index is 2.26. The van der Waals surface area contributed by atoms with E-state index < -0.39 is 0 Å². The van der Waals surface area contributed by atoms with E-state index in [4.69, 9.17) is 23.8 Å². The Hall–Kier alpha value is -1.19. The number of H-pyrrole nitrogens is 1. The lowest BCUT2D eigenvalue weighted by Crippen LogP contribution is -2.00. The lowest BCUT2D eigenvalue weighted by atomic mass is 10.1. The van der Waals surface area contributed by atoms with E-state index in [0.717, 1.165) is 29.4 Å². The Morgan fingerprint density at radius 3 is 2.65 bits per heavy atom. The zero-order valence-electron chi connectivity index (χ0n) is 9.53. The van der Waals surface area contributed by atoms with Crippen LogP contribution in [0.25, 0.3) is 0 Å². The second-order valence-corrected chi connectivity index (χ2v) is 4.70. The molecule has 0 saturated carbocycles. The Morgan fingerprint density at radius 1 is 1.29 bits per heavy atom. The topological polar surface area (TPSA) is 28.7 Å². The zero-order valence-corrected chi connectivity index (χ0v) is 11.1. The molecule has 2 aromatic rings. The molecule has 4 heteroatoms. The molecule has 88 valence electrons. The van der Waals surface area contributed by atoms with Gasteiger partial charge in [-0.05, 0) is 30.2 Å². The molecule has 1 aromatic heterocycles. The van der Waals surface area contributed by atoms with E-state index in [0.29, 0.717) is 4.64 Å². The molecule has 0 spiro atoms. The van der Waals surface area contributed by atoms with Crippen molar-refractivity contribution in [3.05, 3.63) is 57.1 Å². The number of hydrogen-bond acceptors (Lipinski definition) is 2. The van der Waals surface area contributed by atoms with Crippen molar-refractivity contribution in [1.29, 1.82) is 0 Å². The van der Waals surface area contributed by atoms with Crippen molar-refractivity contribution in [2.75, 3.05) is 0 Å². The number of halogens is 1. The summed E-state index contributed by atoms with van der Waals surface area (Å²) in [7, 11) is 0. The van der Waals surface area contributed by atoms with Crippen LogP contribution in [0.15, 0.2) is 30.3 Å². The van der Waals surface area contributed by atoms with Crippen molar-refractivity contribution in [3.63, 3.8) is 0 Å². The maximum absolute atomic E-state index is 5.85. The summed E-state index contributed by atoms with van der Waals surface area (Å²) >= 11 is 11.0. The first-order chi connectivity index (χ1) is 8.17. The Bertz CT molecular complexity index is 560. The molecule has 0 aliphatic carbocycles. The lowest BCUT2D eigenvalue weighted by Gasteiger charge is -2.04. The van der Waals surface area contributed by atoms with Crippen molar-refractivity contribution in [2.45, 2.75) is 19.8 Å². The van der Waals surface area contributed by atoms with Crippen LogP contribution >= 0.6 is 23.8 Å². The summed E-state index contributed by atoms with van der Waals surface area (Å²) in [5.74, 6) is 0.900. The number of nitrogens with zero attached hydrogens (tertiary/aromatic N) is 1. The van der Waals surface area contributed by atoms with Crippen molar-refractivity contribution in [2.24, 2.45) is 0 Å². The molecule has 0 atom stereocenters. The maximum atomic E-state index is 5.85. The number of aromatic amines is 1. The number of benzene rings is 1. The molecule has 0 saturated heterocycles. The monoisotopic (exact) mass is 264 g/mol. The molecule has 2 rings (SSSR count). The van der Waals surface area contributed by atoms with Crippen molar-refractivity contribution in [3.8, 4) is 0 Å². The first-order valence-corrected chi connectivity index (χ1v) is 6.29. The molecule has 1 N–H and O–H groups in total. The van der Waals surface area contributed by atoms with Gasteiger partial charge >= 0.3 is 0 Å². The number of aromatic nitrogens is 2. The van der Waals surface area contributed by atoms with Crippen LogP contribution in [0.2, 0.25) is 5.02 Å². The normalized spacial score (nSPS) is 10.5. The van der Waals surface area contributed by atoms with Crippen LogP contribution in [0.4, 0.5) is 0 Å². The van der Waals surface area contributed by atoms with Crippen LogP contribution in [-0.2, 0) is 12.8 Å². The SMILES string of the molecule is CCc1cc(=S)nc(Cc2ccc(Cl)cc2)[nH]1. The first-order valence-electron chi connectivity index (χ1n) is 5.51. The minimum absolute atomic E-state index is 0.643. The highest BCUT2D eigenvalue weighted by Gasteiger charge is 2.00. The number of hydrogen-bond donors (Lipinski definition) is 1. The molecule has 0 amide bonds. The third-order valence-corrected chi connectivity index (χ3v) is 2.97. The summed E-state index contributed by atoms with van der Waals surface area (Å²) in [6.07, 6.45) is 1.68. The van der Waals surface area contributed by atoms with Gasteiger partial charge in [0.2, 0.25) is 0 Å². The fourth-order valence-corrected chi connectivity index (χ4v) is 2.01. The smallest absolute Gasteiger partial charge is 0.130 e. The number of rotatable bonds is 3. The van der Waals surface area contributed by atoms with Gasteiger partial charge in [0.1, 0.15) is 10.5 Å². The molecule has 0 unspecified atom stereocenters. The fourth-order valence-electron chi connectivity index (χ4n) is 1.63. The van der Waals surface area contributed by atoms with Gasteiger partial charge in [0, 0.05) is 17.1 Å². The van der Waals surface area contributed by atoms with Gasteiger partial charge in [0.15, 0.2) is 0 Å². The molecule has 0 bridgehead atoms. The van der Waals surface area contributed by atoms with Crippen LogP contribution in [0.3, 0.4) is 0 Å². The van der Waals surface area contributed by atoms with Gasteiger partial charge in [-0.2, -0.15) is 0 Å². The molecule has 1 aromatic carbocycles. The highest BCUT2D eigenvalue weighted by atomic mass is 35.5. The van der Waals surface area contributed by atoms with Crippen LogP contribution < -0.4 is 0 Å². The van der Waals surface area contributed by atoms with Gasteiger partial charge in [0.25, 0.3) is 0 Å². The Kier molecular flexibility index (Phi) is 3.92. The van der Waals surface area contributed by atoms with Crippen molar-refractivity contribution < 1.29 is 0 Å².